The van der Waals surface area contributed by atoms with Gasteiger partial charge in [-0.15, -0.1) is 11.3 Å². The van der Waals surface area contributed by atoms with Crippen LogP contribution in [0.15, 0.2) is 60.8 Å². The number of amides is 2. The molecule has 144 valence electrons. The van der Waals surface area contributed by atoms with Crippen LogP contribution < -0.4 is 10.6 Å². The first-order valence-corrected chi connectivity index (χ1v) is 9.62. The van der Waals surface area contributed by atoms with Crippen LogP contribution in [0.3, 0.4) is 0 Å². The molecule has 28 heavy (non-hydrogen) atoms. The zero-order valence-electron chi connectivity index (χ0n) is 15.3. The number of anilines is 1. The van der Waals surface area contributed by atoms with Gasteiger partial charge in [0.2, 0.25) is 11.8 Å². The van der Waals surface area contributed by atoms with Gasteiger partial charge in [0.25, 0.3) is 0 Å². The summed E-state index contributed by atoms with van der Waals surface area (Å²) in [6.45, 7) is 1.43. The average Bonchev–Trinajstić information content (AvgIpc) is 3.10. The Hall–Kier alpha value is -3.06. The standard InChI is InChI=1S/C21H20FN3O2S/c1-14(26)24-19(16-5-3-2-4-6-16)12-20(27)25-21-23-13-18(28-21)11-15-7-9-17(22)10-8-15/h2-10,13,19H,11-12H2,1H3,(H,24,26)(H,23,25,27). The molecule has 2 N–H and O–H groups in total. The van der Waals surface area contributed by atoms with E-state index in [-0.39, 0.29) is 24.1 Å². The molecule has 1 heterocycles. The van der Waals surface area contributed by atoms with Crippen molar-refractivity contribution in [1.82, 2.24) is 10.3 Å². The zero-order valence-corrected chi connectivity index (χ0v) is 16.1. The lowest BCUT2D eigenvalue weighted by Crippen LogP contribution is -2.29. The summed E-state index contributed by atoms with van der Waals surface area (Å²) < 4.78 is 13.0. The van der Waals surface area contributed by atoms with E-state index < -0.39 is 6.04 Å². The summed E-state index contributed by atoms with van der Waals surface area (Å²) in [6.07, 6.45) is 2.43. The fraction of sp³-hybridized carbons (Fsp3) is 0.190. The van der Waals surface area contributed by atoms with Crippen molar-refractivity contribution >= 4 is 28.3 Å². The number of carbonyl (C=O) groups excluding carboxylic acids is 2. The van der Waals surface area contributed by atoms with Crippen LogP contribution in [-0.2, 0) is 16.0 Å². The fourth-order valence-corrected chi connectivity index (χ4v) is 3.65. The van der Waals surface area contributed by atoms with Crippen molar-refractivity contribution in [2.75, 3.05) is 5.32 Å². The number of nitrogens with one attached hydrogen (secondary N) is 2. The number of hydrogen-bond acceptors (Lipinski definition) is 4. The quantitative estimate of drug-likeness (QED) is 0.631. The SMILES string of the molecule is CC(=O)NC(CC(=O)Nc1ncc(Cc2ccc(F)cc2)s1)c1ccccc1. The second kappa shape index (κ2) is 9.23. The Labute approximate surface area is 166 Å². The lowest BCUT2D eigenvalue weighted by molar-refractivity contribution is -0.120. The van der Waals surface area contributed by atoms with Gasteiger partial charge in [-0.25, -0.2) is 9.37 Å². The number of thiazole rings is 1. The second-order valence-electron chi connectivity index (χ2n) is 6.35. The Bertz CT molecular complexity index is 942. The van der Waals surface area contributed by atoms with Gasteiger partial charge in [0.05, 0.1) is 12.5 Å². The van der Waals surface area contributed by atoms with E-state index in [0.717, 1.165) is 16.0 Å². The summed E-state index contributed by atoms with van der Waals surface area (Å²) in [6, 6.07) is 15.3. The van der Waals surface area contributed by atoms with E-state index in [0.29, 0.717) is 11.6 Å². The minimum Gasteiger partial charge on any atom is -0.349 e. The van der Waals surface area contributed by atoms with Crippen LogP contribution in [0.1, 0.15) is 35.4 Å². The summed E-state index contributed by atoms with van der Waals surface area (Å²) in [4.78, 5) is 29.1. The molecule has 1 atom stereocenters. The van der Waals surface area contributed by atoms with Gasteiger partial charge in [-0.1, -0.05) is 42.5 Å². The predicted octanol–water partition coefficient (Wildman–Crippen LogP) is 4.08. The third-order valence-corrected chi connectivity index (χ3v) is 4.97. The van der Waals surface area contributed by atoms with E-state index >= 15 is 0 Å². The van der Waals surface area contributed by atoms with Gasteiger partial charge < -0.3 is 10.6 Å². The normalized spacial score (nSPS) is 11.6. The molecule has 3 aromatic rings. The summed E-state index contributed by atoms with van der Waals surface area (Å²) in [5.74, 6) is -0.698. The topological polar surface area (TPSA) is 71.1 Å². The summed E-state index contributed by atoms with van der Waals surface area (Å²) in [5, 5.41) is 6.09. The molecular formula is C21H20FN3O2S. The van der Waals surface area contributed by atoms with Gasteiger partial charge in [0, 0.05) is 24.4 Å². The highest BCUT2D eigenvalue weighted by atomic mass is 32.1. The number of halogens is 1. The zero-order chi connectivity index (χ0) is 19.9. The van der Waals surface area contributed by atoms with Crippen molar-refractivity contribution < 1.29 is 14.0 Å². The van der Waals surface area contributed by atoms with E-state index in [4.69, 9.17) is 0 Å². The molecule has 0 aliphatic carbocycles. The van der Waals surface area contributed by atoms with Crippen LogP contribution in [0, 0.1) is 5.82 Å². The number of benzene rings is 2. The maximum atomic E-state index is 13.0. The molecule has 0 saturated heterocycles. The molecule has 1 unspecified atom stereocenters. The monoisotopic (exact) mass is 397 g/mol. The Morgan fingerprint density at radius 2 is 1.82 bits per heavy atom. The first kappa shape index (κ1) is 19.7. The number of hydrogen-bond donors (Lipinski definition) is 2. The Morgan fingerprint density at radius 1 is 1.11 bits per heavy atom. The average molecular weight is 397 g/mol. The van der Waals surface area contributed by atoms with Crippen LogP contribution in [0.4, 0.5) is 9.52 Å². The molecule has 7 heteroatoms. The molecule has 0 saturated carbocycles. The Balaban J connectivity index is 1.61. The molecule has 0 spiro atoms. The van der Waals surface area contributed by atoms with Crippen molar-refractivity contribution in [3.8, 4) is 0 Å². The molecule has 0 bridgehead atoms. The number of nitrogens with zero attached hydrogens (tertiary/aromatic N) is 1. The summed E-state index contributed by atoms with van der Waals surface area (Å²) in [5.41, 5.74) is 1.83. The first-order valence-electron chi connectivity index (χ1n) is 8.80. The molecule has 3 rings (SSSR count). The lowest BCUT2D eigenvalue weighted by atomic mass is 10.0. The van der Waals surface area contributed by atoms with Gasteiger partial charge >= 0.3 is 0 Å². The smallest absolute Gasteiger partial charge is 0.228 e. The Kier molecular flexibility index (Phi) is 6.49. The predicted molar refractivity (Wildman–Crippen MR) is 108 cm³/mol. The molecule has 5 nitrogen and oxygen atoms in total. The lowest BCUT2D eigenvalue weighted by Gasteiger charge is -2.17. The Morgan fingerprint density at radius 3 is 2.50 bits per heavy atom. The van der Waals surface area contributed by atoms with Crippen molar-refractivity contribution in [2.24, 2.45) is 0 Å². The van der Waals surface area contributed by atoms with E-state index in [1.807, 2.05) is 30.3 Å². The first-order chi connectivity index (χ1) is 13.5. The van der Waals surface area contributed by atoms with Crippen LogP contribution in [0.2, 0.25) is 0 Å². The van der Waals surface area contributed by atoms with E-state index in [9.17, 15) is 14.0 Å². The summed E-state index contributed by atoms with van der Waals surface area (Å²) >= 11 is 1.37. The fourth-order valence-electron chi connectivity index (χ4n) is 2.79. The summed E-state index contributed by atoms with van der Waals surface area (Å²) in [7, 11) is 0. The van der Waals surface area contributed by atoms with Gasteiger partial charge in [-0.05, 0) is 23.3 Å². The number of rotatable bonds is 7. The maximum absolute atomic E-state index is 13.0. The van der Waals surface area contributed by atoms with Gasteiger partial charge in [-0.2, -0.15) is 0 Å². The van der Waals surface area contributed by atoms with Gasteiger partial charge in [-0.3, -0.25) is 9.59 Å². The minimum absolute atomic E-state index is 0.108. The van der Waals surface area contributed by atoms with Crippen molar-refractivity contribution in [2.45, 2.75) is 25.8 Å². The number of carbonyl (C=O) groups is 2. The van der Waals surface area contributed by atoms with Crippen LogP contribution >= 0.6 is 11.3 Å². The molecule has 2 aromatic carbocycles. The molecule has 0 radical (unpaired) electrons. The third-order valence-electron chi connectivity index (χ3n) is 4.06. The van der Waals surface area contributed by atoms with Gasteiger partial charge in [0.1, 0.15) is 5.82 Å². The van der Waals surface area contributed by atoms with E-state index in [2.05, 4.69) is 15.6 Å². The molecular weight excluding hydrogens is 377 g/mol. The van der Waals surface area contributed by atoms with Crippen LogP contribution in [0.25, 0.3) is 0 Å². The largest absolute Gasteiger partial charge is 0.349 e. The second-order valence-corrected chi connectivity index (χ2v) is 7.47. The molecule has 0 aliphatic heterocycles. The van der Waals surface area contributed by atoms with Crippen molar-refractivity contribution in [3.63, 3.8) is 0 Å². The van der Waals surface area contributed by atoms with Crippen molar-refractivity contribution in [1.29, 1.82) is 0 Å². The molecule has 0 fully saturated rings. The highest BCUT2D eigenvalue weighted by molar-refractivity contribution is 7.15. The number of aromatic nitrogens is 1. The van der Waals surface area contributed by atoms with Crippen LogP contribution in [-0.4, -0.2) is 16.8 Å². The molecule has 0 aliphatic rings. The molecule has 1 aromatic heterocycles. The van der Waals surface area contributed by atoms with E-state index in [1.165, 1.54) is 30.4 Å². The minimum atomic E-state index is -0.405. The van der Waals surface area contributed by atoms with Crippen LogP contribution in [0.5, 0.6) is 0 Å². The van der Waals surface area contributed by atoms with Gasteiger partial charge in [0.15, 0.2) is 5.13 Å². The van der Waals surface area contributed by atoms with Crippen molar-refractivity contribution in [3.05, 3.63) is 82.6 Å². The highest BCUT2D eigenvalue weighted by Crippen LogP contribution is 2.23. The third kappa shape index (κ3) is 5.72. The molecule has 2 amide bonds. The highest BCUT2D eigenvalue weighted by Gasteiger charge is 2.18. The van der Waals surface area contributed by atoms with E-state index in [1.54, 1.807) is 18.3 Å². The maximum Gasteiger partial charge on any atom is 0.228 e.